The lowest BCUT2D eigenvalue weighted by Gasteiger charge is -2.25. The van der Waals surface area contributed by atoms with Crippen LogP contribution >= 0.6 is 0 Å². The Morgan fingerprint density at radius 2 is 0.600 bits per heavy atom. The minimum Gasteiger partial charge on any atom is -0.498 e. The Morgan fingerprint density at radius 1 is 0.373 bits per heavy atom. The van der Waals surface area contributed by atoms with E-state index in [-0.39, 0.29) is 33.9 Å². The van der Waals surface area contributed by atoms with Crippen LogP contribution in [0.2, 0.25) is 0 Å². The molecule has 7 aromatic rings. The average Bonchev–Trinajstić information content (AvgIpc) is 3.45. The molecule has 0 aliphatic carbocycles. The number of carbonyl (C=O) groups is 3. The summed E-state index contributed by atoms with van der Waals surface area (Å²) in [6.45, 7) is 6.16. The van der Waals surface area contributed by atoms with Crippen LogP contribution in [0, 0.1) is 33.8 Å². The molecule has 0 radical (unpaired) electrons. The lowest BCUT2D eigenvalue weighted by atomic mass is 9.72. The highest BCUT2D eigenvalue weighted by Gasteiger charge is 2.41. The van der Waals surface area contributed by atoms with Crippen molar-refractivity contribution in [1.82, 2.24) is 0 Å². The third-order valence-corrected chi connectivity index (χ3v) is 13.5. The van der Waals surface area contributed by atoms with E-state index in [2.05, 4.69) is 54.0 Å². The Labute approximate surface area is 437 Å². The number of ether oxygens (including phenoxy) is 3. The number of hydrogen-bond acceptors (Lipinski definition) is 9. The first-order valence-electron chi connectivity index (χ1n) is 25.2. The van der Waals surface area contributed by atoms with Crippen LogP contribution in [0.25, 0.3) is 15.0 Å². The van der Waals surface area contributed by atoms with Crippen LogP contribution < -0.4 is 14.2 Å². The van der Waals surface area contributed by atoms with E-state index in [0.717, 1.165) is 55.2 Å². The Hall–Kier alpha value is -9.18. The molecule has 0 heterocycles. The topological polar surface area (TPSA) is 161 Å². The maximum absolute atomic E-state index is 14.1. The minimum atomic E-state index is -0.959. The molecule has 7 aromatic carbocycles. The average molecular weight is 1000 g/mol. The van der Waals surface area contributed by atoms with Crippen molar-refractivity contribution >= 4 is 17.9 Å². The van der Waals surface area contributed by atoms with E-state index in [9.17, 15) is 30.0 Å². The van der Waals surface area contributed by atoms with E-state index in [1.54, 1.807) is 72.8 Å². The fourth-order valence-corrected chi connectivity index (χ4v) is 9.55. The SMILES string of the molecule is CCCCC(C#[N+][O-])(c1ccccc1)c1ccc(OC(=O)c2cc(C(=O)Oc3ccc(C(C#[N+][O-])(CCCC)c4ccccc4)cc3)cc(C(=O)Oc3ccc(C(C#[N+][O-])(CCCC)c4ccccc4)cc3)c2)cc1. The molecule has 3 atom stereocenters. The molecular weight excluding hydrogens is 943 g/mol. The molecule has 0 amide bonds. The van der Waals surface area contributed by atoms with Crippen molar-refractivity contribution in [2.75, 3.05) is 0 Å². The molecule has 0 saturated heterocycles. The van der Waals surface area contributed by atoms with Crippen LogP contribution in [0.1, 0.15) is 143 Å². The second kappa shape index (κ2) is 25.5. The van der Waals surface area contributed by atoms with Gasteiger partial charge in [0.25, 0.3) is 0 Å². The van der Waals surface area contributed by atoms with Gasteiger partial charge in [-0.1, -0.05) is 187 Å². The molecule has 0 aliphatic heterocycles. The quantitative estimate of drug-likeness (QED) is 0.0387. The molecule has 0 N–H and O–H groups in total. The van der Waals surface area contributed by atoms with Gasteiger partial charge < -0.3 is 29.8 Å². The van der Waals surface area contributed by atoms with Gasteiger partial charge in [-0.3, -0.25) is 0 Å². The van der Waals surface area contributed by atoms with Gasteiger partial charge in [-0.05, 0) is 107 Å². The van der Waals surface area contributed by atoms with Crippen molar-refractivity contribution in [3.8, 4) is 35.5 Å². The third-order valence-electron chi connectivity index (χ3n) is 13.5. The van der Waals surface area contributed by atoms with Crippen molar-refractivity contribution in [2.24, 2.45) is 0 Å². The highest BCUT2D eigenvalue weighted by molar-refractivity contribution is 6.02. The monoisotopic (exact) mass is 999 g/mol. The maximum atomic E-state index is 14.1. The van der Waals surface area contributed by atoms with Gasteiger partial charge in [0.15, 0.2) is 16.2 Å². The van der Waals surface area contributed by atoms with Gasteiger partial charge in [0.1, 0.15) is 17.2 Å². The van der Waals surface area contributed by atoms with Gasteiger partial charge in [0.2, 0.25) is 0 Å². The predicted octanol–water partition coefficient (Wildman–Crippen LogP) is 15.3. The zero-order valence-corrected chi connectivity index (χ0v) is 42.2. The molecule has 12 heteroatoms. The summed E-state index contributed by atoms with van der Waals surface area (Å²) in [6.07, 6.45) is 6.60. The Balaban J connectivity index is 1.21. The van der Waals surface area contributed by atoms with Crippen molar-refractivity contribution in [3.63, 3.8) is 0 Å². The van der Waals surface area contributed by atoms with E-state index < -0.39 is 34.2 Å². The van der Waals surface area contributed by atoms with Gasteiger partial charge in [0.05, 0.1) is 16.7 Å². The zero-order chi connectivity index (χ0) is 53.1. The molecule has 12 nitrogen and oxygen atoms in total. The van der Waals surface area contributed by atoms with Gasteiger partial charge in [0, 0.05) is 15.0 Å². The molecule has 0 saturated carbocycles. The van der Waals surface area contributed by atoms with Crippen LogP contribution in [0.4, 0.5) is 0 Å². The van der Waals surface area contributed by atoms with Crippen molar-refractivity contribution in [1.29, 1.82) is 0 Å². The lowest BCUT2D eigenvalue weighted by molar-refractivity contribution is 0.0734. The second-order valence-electron chi connectivity index (χ2n) is 18.3. The molecule has 378 valence electrons. The maximum Gasteiger partial charge on any atom is 0.343 e. The zero-order valence-electron chi connectivity index (χ0n) is 42.2. The largest absolute Gasteiger partial charge is 0.498 e. The molecule has 7 rings (SSSR count). The van der Waals surface area contributed by atoms with Crippen molar-refractivity contribution in [3.05, 3.63) is 263 Å². The van der Waals surface area contributed by atoms with Gasteiger partial charge in [-0.15, -0.1) is 0 Å². The van der Waals surface area contributed by atoms with E-state index in [0.29, 0.717) is 36.0 Å². The molecule has 0 bridgehead atoms. The van der Waals surface area contributed by atoms with E-state index >= 15 is 0 Å². The highest BCUT2D eigenvalue weighted by atomic mass is 16.5. The number of rotatable bonds is 21. The van der Waals surface area contributed by atoms with Gasteiger partial charge in [-0.25, -0.2) is 14.4 Å². The highest BCUT2D eigenvalue weighted by Crippen LogP contribution is 2.41. The summed E-state index contributed by atoms with van der Waals surface area (Å²) in [6, 6.07) is 60.7. The van der Waals surface area contributed by atoms with Crippen LogP contribution in [0.15, 0.2) is 182 Å². The molecule has 0 aliphatic rings. The summed E-state index contributed by atoms with van der Waals surface area (Å²) in [7, 11) is 0. The normalized spacial score (nSPS) is 13.0. The lowest BCUT2D eigenvalue weighted by Crippen LogP contribution is -2.26. The van der Waals surface area contributed by atoms with Crippen LogP contribution in [0.5, 0.6) is 17.2 Å². The molecule has 0 fully saturated rings. The summed E-state index contributed by atoms with van der Waals surface area (Å²) in [4.78, 5) is 42.3. The summed E-state index contributed by atoms with van der Waals surface area (Å²) < 4.78 is 17.6. The summed E-state index contributed by atoms with van der Waals surface area (Å²) >= 11 is 0. The number of esters is 3. The fourth-order valence-electron chi connectivity index (χ4n) is 9.55. The van der Waals surface area contributed by atoms with Gasteiger partial charge >= 0.3 is 36.1 Å². The van der Waals surface area contributed by atoms with Crippen molar-refractivity contribution in [2.45, 2.75) is 94.8 Å². The van der Waals surface area contributed by atoms with E-state index in [4.69, 9.17) is 14.2 Å². The number of benzene rings is 7. The third kappa shape index (κ3) is 12.4. The Bertz CT molecular complexity index is 2880. The minimum absolute atomic E-state index is 0.145. The van der Waals surface area contributed by atoms with E-state index in [1.165, 1.54) is 18.2 Å². The molecule has 3 unspecified atom stereocenters. The Morgan fingerprint density at radius 3 is 0.813 bits per heavy atom. The molecule has 75 heavy (non-hydrogen) atoms. The fraction of sp³-hybridized carbons (Fsp3) is 0.238. The molecule has 0 spiro atoms. The summed E-state index contributed by atoms with van der Waals surface area (Å²) in [5.41, 5.74) is 1.27. The molecule has 0 aromatic heterocycles. The summed E-state index contributed by atoms with van der Waals surface area (Å²) in [5.74, 6) is -2.25. The van der Waals surface area contributed by atoms with Crippen LogP contribution in [-0.2, 0) is 16.2 Å². The molecular formula is C63H57N3O9. The smallest absolute Gasteiger partial charge is 0.343 e. The number of hydrogen-bond donors (Lipinski definition) is 0. The summed E-state index contributed by atoms with van der Waals surface area (Å²) in [5, 5.41) is 44.8. The Kier molecular flexibility index (Phi) is 18.2. The second-order valence-corrected chi connectivity index (χ2v) is 18.3. The first-order chi connectivity index (χ1) is 36.6. The van der Waals surface area contributed by atoms with Crippen LogP contribution in [-0.4, -0.2) is 17.9 Å². The number of unbranched alkanes of at least 4 members (excludes halogenated alkanes) is 3. The first-order valence-corrected chi connectivity index (χ1v) is 25.2. The number of carbonyl (C=O) groups excluding carboxylic acids is 3. The first kappa shape index (κ1) is 53.6. The van der Waals surface area contributed by atoms with Crippen LogP contribution in [0.3, 0.4) is 0 Å². The predicted molar refractivity (Wildman–Crippen MR) is 293 cm³/mol. The van der Waals surface area contributed by atoms with E-state index in [1.807, 2.05) is 91.0 Å². The standard InChI is InChI=1S/C63H57N3O9/c1-4-7-37-61(43-64-70,49-19-13-10-14-20-49)52-25-31-55(32-26-52)73-58(67)46-40-47(59(68)74-56-33-27-53(28-34-56)62(44-65-71,38-8-5-2)50-21-15-11-16-22-50)42-48(41-46)60(69)75-57-35-29-54(30-36-57)63(45-66-72,39-9-6-3)51-23-17-12-18-24-51/h10-36,40-42H,4-9,37-39H2,1-3H3. The van der Waals surface area contributed by atoms with Gasteiger partial charge in [-0.2, -0.15) is 0 Å². The number of nitrogens with zero attached hydrogens (tertiary/aromatic N) is 3. The van der Waals surface area contributed by atoms with Crippen molar-refractivity contribution < 1.29 is 28.6 Å².